The van der Waals surface area contributed by atoms with E-state index in [4.69, 9.17) is 0 Å². The first-order valence-electron chi connectivity index (χ1n) is 16.8. The second kappa shape index (κ2) is 27.6. The maximum atomic E-state index is 2.24. The molecule has 9 rings (SSSR count). The van der Waals surface area contributed by atoms with Crippen LogP contribution in [0.1, 0.15) is 0 Å². The molecule has 0 fully saturated rings. The fourth-order valence-corrected chi connectivity index (χ4v) is 4.19. The molecule has 0 nitrogen and oxygen atoms in total. The van der Waals surface area contributed by atoms with E-state index in [9.17, 15) is 0 Å². The third-order valence-electron chi connectivity index (χ3n) is 6.61. The second-order valence-corrected chi connectivity index (χ2v) is 10.5. The third-order valence-corrected chi connectivity index (χ3v) is 6.61. The highest BCUT2D eigenvalue weighted by molar-refractivity contribution is 5.98. The molecule has 0 spiro atoms. The average molecular weight is 647 g/mol. The second-order valence-electron chi connectivity index (χ2n) is 10.5. The molecule has 0 N–H and O–H groups in total. The molecular weight excluding hydrogens is 601 g/mol. The normalized spacial score (nSPS) is 8.80. The van der Waals surface area contributed by atoms with Crippen molar-refractivity contribution in [2.75, 3.05) is 0 Å². The molecule has 0 aromatic heterocycles. The van der Waals surface area contributed by atoms with E-state index in [0.717, 1.165) is 0 Å². The van der Waals surface area contributed by atoms with Gasteiger partial charge in [-0.05, 0) is 33.7 Å². The van der Waals surface area contributed by atoms with Crippen molar-refractivity contribution in [1.29, 1.82) is 0 Å². The van der Waals surface area contributed by atoms with Gasteiger partial charge >= 0.3 is 0 Å². The van der Waals surface area contributed by atoms with Gasteiger partial charge in [-0.1, -0.05) is 267 Å². The Hall–Kier alpha value is -6.50. The van der Waals surface area contributed by atoms with Gasteiger partial charge in [-0.15, -0.1) is 0 Å². The lowest BCUT2D eigenvalue weighted by Crippen LogP contribution is -1.74. The molecule has 0 saturated heterocycles. The van der Waals surface area contributed by atoms with E-state index in [1.54, 1.807) is 0 Å². The van der Waals surface area contributed by atoms with Gasteiger partial charge in [0.15, 0.2) is 0 Å². The first kappa shape index (κ1) is 38.0. The average Bonchev–Trinajstić information content (AvgIpc) is 3.25. The van der Waals surface area contributed by atoms with E-state index >= 15 is 0 Å². The summed E-state index contributed by atoms with van der Waals surface area (Å²) in [4.78, 5) is 0. The third kappa shape index (κ3) is 19.2. The molecule has 0 radical (unpaired) electrons. The van der Waals surface area contributed by atoms with Gasteiger partial charge in [-0.25, -0.2) is 0 Å². The first-order valence-corrected chi connectivity index (χ1v) is 16.8. The van der Waals surface area contributed by atoms with E-state index in [0.29, 0.717) is 0 Å². The van der Waals surface area contributed by atoms with Gasteiger partial charge in [0.2, 0.25) is 0 Å². The van der Waals surface area contributed by atoms with Gasteiger partial charge in [0.25, 0.3) is 0 Å². The topological polar surface area (TPSA) is 0 Å². The summed E-state index contributed by atoms with van der Waals surface area (Å²) in [7, 11) is 0. The SMILES string of the molecule is c1ccc2cc3ccccc3cc2c1.c1ccccc1.c1ccccc1.c1ccccc1.c1ccccc1.c1ccccc1.c1ccccc1. The van der Waals surface area contributed by atoms with E-state index < -0.39 is 0 Å². The van der Waals surface area contributed by atoms with Crippen molar-refractivity contribution < 1.29 is 0 Å². The van der Waals surface area contributed by atoms with Crippen LogP contribution in [0.2, 0.25) is 0 Å². The van der Waals surface area contributed by atoms with Crippen molar-refractivity contribution in [2.24, 2.45) is 0 Å². The van der Waals surface area contributed by atoms with Crippen LogP contribution in [-0.2, 0) is 0 Å². The Labute approximate surface area is 299 Å². The summed E-state index contributed by atoms with van der Waals surface area (Å²) in [6.07, 6.45) is 0. The van der Waals surface area contributed by atoms with Crippen molar-refractivity contribution in [3.05, 3.63) is 279 Å². The maximum absolute atomic E-state index is 2.24. The standard InChI is InChI=1S/C14H10.6C6H6/c1-2-6-12-10-14-8-4-3-7-13(14)9-11(12)5-1;6*1-2-4-6-5-3-1/h1-10H;6*1-6H. The Kier molecular flexibility index (Phi) is 20.9. The Balaban J connectivity index is 0.000000164. The van der Waals surface area contributed by atoms with Crippen molar-refractivity contribution in [1.82, 2.24) is 0 Å². The van der Waals surface area contributed by atoms with Crippen LogP contribution < -0.4 is 0 Å². The maximum Gasteiger partial charge on any atom is -0.0178 e. The molecule has 0 aliphatic rings. The number of fused-ring (bicyclic) bond motifs is 2. The molecule has 50 heavy (non-hydrogen) atoms. The highest BCUT2D eigenvalue weighted by Gasteiger charge is 1.95. The summed E-state index contributed by atoms with van der Waals surface area (Å²) in [5.41, 5.74) is 0. The minimum absolute atomic E-state index is 1.31. The summed E-state index contributed by atoms with van der Waals surface area (Å²) < 4.78 is 0. The molecule has 0 amide bonds. The Morgan fingerprint density at radius 1 is 0.120 bits per heavy atom. The minimum atomic E-state index is 1.31. The van der Waals surface area contributed by atoms with Crippen LogP contribution in [-0.4, -0.2) is 0 Å². The largest absolute Gasteiger partial charge is 0.0623 e. The fourth-order valence-electron chi connectivity index (χ4n) is 4.19. The van der Waals surface area contributed by atoms with Gasteiger partial charge in [-0.3, -0.25) is 0 Å². The van der Waals surface area contributed by atoms with E-state index in [-0.39, 0.29) is 0 Å². The van der Waals surface area contributed by atoms with Crippen LogP contribution >= 0.6 is 0 Å². The molecule has 9 aromatic rings. The summed E-state index contributed by atoms with van der Waals surface area (Å²) in [5, 5.41) is 5.25. The van der Waals surface area contributed by atoms with Crippen molar-refractivity contribution in [2.45, 2.75) is 0 Å². The molecule has 0 aliphatic heterocycles. The molecule has 246 valence electrons. The number of hydrogen-bond acceptors (Lipinski definition) is 0. The van der Waals surface area contributed by atoms with Gasteiger partial charge in [0.1, 0.15) is 0 Å². The highest BCUT2D eigenvalue weighted by atomic mass is 14.0. The lowest BCUT2D eigenvalue weighted by Gasteiger charge is -2.00. The number of rotatable bonds is 0. The fraction of sp³-hybridized carbons (Fsp3) is 0. The van der Waals surface area contributed by atoms with Gasteiger partial charge in [0.05, 0.1) is 0 Å². The summed E-state index contributed by atoms with van der Waals surface area (Å²) in [6.45, 7) is 0. The monoisotopic (exact) mass is 646 g/mol. The number of benzene rings is 9. The lowest BCUT2D eigenvalue weighted by atomic mass is 10.0. The number of hydrogen-bond donors (Lipinski definition) is 0. The van der Waals surface area contributed by atoms with Crippen molar-refractivity contribution >= 4 is 21.5 Å². The lowest BCUT2D eigenvalue weighted by molar-refractivity contribution is 1.72. The smallest absolute Gasteiger partial charge is 0.0178 e. The van der Waals surface area contributed by atoms with Crippen LogP contribution in [0.25, 0.3) is 21.5 Å². The molecule has 0 aliphatic carbocycles. The zero-order chi connectivity index (χ0) is 34.8. The molecular formula is C50H46. The van der Waals surface area contributed by atoms with Gasteiger partial charge in [-0.2, -0.15) is 0 Å². The summed E-state index contributed by atoms with van der Waals surface area (Å²) in [5.74, 6) is 0. The van der Waals surface area contributed by atoms with E-state index in [2.05, 4.69) is 60.7 Å². The predicted octanol–water partition coefficient (Wildman–Crippen LogP) is 14.1. The Bertz CT molecular complexity index is 1450. The molecule has 0 atom stereocenters. The minimum Gasteiger partial charge on any atom is -0.0623 e. The van der Waals surface area contributed by atoms with Gasteiger partial charge in [0, 0.05) is 0 Å². The predicted molar refractivity (Wildman–Crippen MR) is 220 cm³/mol. The van der Waals surface area contributed by atoms with Crippen LogP contribution in [0, 0.1) is 0 Å². The summed E-state index contributed by atoms with van der Waals surface area (Å²) in [6, 6.07) is 93.4. The van der Waals surface area contributed by atoms with Crippen molar-refractivity contribution in [3.63, 3.8) is 0 Å². The first-order chi connectivity index (χ1) is 24.9. The zero-order valence-corrected chi connectivity index (χ0v) is 28.6. The Morgan fingerprint density at radius 2 is 0.220 bits per heavy atom. The van der Waals surface area contributed by atoms with E-state index in [1.165, 1.54) is 21.5 Å². The van der Waals surface area contributed by atoms with Crippen molar-refractivity contribution in [3.8, 4) is 0 Å². The van der Waals surface area contributed by atoms with Crippen LogP contribution in [0.4, 0.5) is 0 Å². The molecule has 0 saturated carbocycles. The van der Waals surface area contributed by atoms with E-state index in [1.807, 2.05) is 218 Å². The van der Waals surface area contributed by atoms with Crippen LogP contribution in [0.15, 0.2) is 279 Å². The molecule has 0 bridgehead atoms. The van der Waals surface area contributed by atoms with Crippen LogP contribution in [0.3, 0.4) is 0 Å². The van der Waals surface area contributed by atoms with Gasteiger partial charge < -0.3 is 0 Å². The van der Waals surface area contributed by atoms with Crippen LogP contribution in [0.5, 0.6) is 0 Å². The molecule has 0 heterocycles. The molecule has 0 heteroatoms. The Morgan fingerprint density at radius 3 is 0.320 bits per heavy atom. The molecule has 9 aromatic carbocycles. The summed E-state index contributed by atoms with van der Waals surface area (Å²) >= 11 is 0. The zero-order valence-electron chi connectivity index (χ0n) is 28.6. The quantitative estimate of drug-likeness (QED) is 0.144. The molecule has 0 unspecified atom stereocenters. The highest BCUT2D eigenvalue weighted by Crippen LogP contribution is 2.22.